The van der Waals surface area contributed by atoms with Crippen molar-refractivity contribution < 1.29 is 4.92 Å². The smallest absolute Gasteiger partial charge is 0.231 e. The Balaban J connectivity index is 2.49. The van der Waals surface area contributed by atoms with Crippen molar-refractivity contribution in [3.8, 4) is 0 Å². The van der Waals surface area contributed by atoms with Crippen molar-refractivity contribution in [2.45, 2.75) is 25.8 Å². The van der Waals surface area contributed by atoms with Gasteiger partial charge in [0.2, 0.25) is 6.04 Å². The number of allylic oxidation sites excluding steroid dienone is 1. The number of benzene rings is 1. The van der Waals surface area contributed by atoms with E-state index in [9.17, 15) is 10.1 Å². The van der Waals surface area contributed by atoms with Gasteiger partial charge in [0.25, 0.3) is 0 Å². The van der Waals surface area contributed by atoms with Gasteiger partial charge in [0, 0.05) is 11.3 Å². The molecule has 0 radical (unpaired) electrons. The molecule has 0 bridgehead atoms. The highest BCUT2D eigenvalue weighted by atomic mass is 16.6. The molecule has 0 aliphatic heterocycles. The zero-order valence-corrected chi connectivity index (χ0v) is 8.80. The Kier molecular flexibility index (Phi) is 4.54. The van der Waals surface area contributed by atoms with Gasteiger partial charge in [-0.2, -0.15) is 0 Å². The molecule has 1 unspecified atom stereocenters. The van der Waals surface area contributed by atoms with Crippen LogP contribution in [-0.4, -0.2) is 11.0 Å². The molecule has 0 amide bonds. The third-order valence-corrected chi connectivity index (χ3v) is 2.24. The van der Waals surface area contributed by atoms with E-state index in [4.69, 9.17) is 0 Å². The summed E-state index contributed by atoms with van der Waals surface area (Å²) in [6.07, 6.45) is 4.84. The van der Waals surface area contributed by atoms with Gasteiger partial charge in [-0.15, -0.1) is 0 Å². The first kappa shape index (κ1) is 11.4. The van der Waals surface area contributed by atoms with Crippen LogP contribution in [-0.2, 0) is 6.42 Å². The summed E-state index contributed by atoms with van der Waals surface area (Å²) in [5, 5.41) is 10.5. The number of nitrogens with zero attached hydrogens (tertiary/aromatic N) is 1. The monoisotopic (exact) mass is 205 g/mol. The molecular weight excluding hydrogens is 190 g/mol. The lowest BCUT2D eigenvalue weighted by atomic mass is 10.1. The summed E-state index contributed by atoms with van der Waals surface area (Å²) < 4.78 is 0. The normalized spacial score (nSPS) is 12.9. The first-order chi connectivity index (χ1) is 7.24. The minimum Gasteiger partial charge on any atom is -0.264 e. The Hall–Kier alpha value is -1.64. The van der Waals surface area contributed by atoms with Crippen LogP contribution in [0.25, 0.3) is 0 Å². The summed E-state index contributed by atoms with van der Waals surface area (Å²) >= 11 is 0. The predicted octanol–water partition coefficient (Wildman–Crippen LogP) is 2.84. The Morgan fingerprint density at radius 3 is 2.60 bits per heavy atom. The minimum atomic E-state index is -0.547. The molecule has 0 saturated heterocycles. The number of nitro groups is 1. The number of hydrogen-bond acceptors (Lipinski definition) is 2. The van der Waals surface area contributed by atoms with Crippen molar-refractivity contribution in [1.82, 2.24) is 0 Å². The van der Waals surface area contributed by atoms with Crippen LogP contribution in [0.2, 0.25) is 0 Å². The molecule has 1 rings (SSSR count). The van der Waals surface area contributed by atoms with Gasteiger partial charge in [-0.05, 0) is 18.1 Å². The molecule has 0 aliphatic rings. The van der Waals surface area contributed by atoms with Crippen molar-refractivity contribution in [2.24, 2.45) is 0 Å². The fraction of sp³-hybridized carbons (Fsp3) is 0.333. The number of hydrogen-bond donors (Lipinski definition) is 0. The van der Waals surface area contributed by atoms with Gasteiger partial charge in [-0.1, -0.05) is 43.3 Å². The Morgan fingerprint density at radius 1 is 1.40 bits per heavy atom. The maximum atomic E-state index is 10.5. The quantitative estimate of drug-likeness (QED) is 0.421. The van der Waals surface area contributed by atoms with Gasteiger partial charge >= 0.3 is 0 Å². The van der Waals surface area contributed by atoms with Crippen molar-refractivity contribution >= 4 is 0 Å². The van der Waals surface area contributed by atoms with Crippen molar-refractivity contribution in [3.05, 3.63) is 58.2 Å². The zero-order valence-electron chi connectivity index (χ0n) is 8.80. The Morgan fingerprint density at radius 2 is 2.07 bits per heavy atom. The lowest BCUT2D eigenvalue weighted by molar-refractivity contribution is -0.509. The fourth-order valence-electron chi connectivity index (χ4n) is 1.33. The largest absolute Gasteiger partial charge is 0.264 e. The summed E-state index contributed by atoms with van der Waals surface area (Å²) in [6, 6.07) is 9.37. The van der Waals surface area contributed by atoms with Gasteiger partial charge in [-0.3, -0.25) is 10.1 Å². The molecule has 0 spiro atoms. The molecule has 0 aliphatic carbocycles. The molecule has 0 N–H and O–H groups in total. The van der Waals surface area contributed by atoms with Crippen LogP contribution in [0.3, 0.4) is 0 Å². The summed E-state index contributed by atoms with van der Waals surface area (Å²) in [7, 11) is 0. The van der Waals surface area contributed by atoms with E-state index in [1.54, 1.807) is 6.08 Å². The number of rotatable bonds is 5. The molecular formula is C12H15NO2. The molecule has 0 heterocycles. The lowest BCUT2D eigenvalue weighted by Crippen LogP contribution is -2.14. The average molecular weight is 205 g/mol. The van der Waals surface area contributed by atoms with Crippen molar-refractivity contribution in [2.75, 3.05) is 0 Å². The molecule has 3 heteroatoms. The van der Waals surface area contributed by atoms with E-state index in [2.05, 4.69) is 0 Å². The van der Waals surface area contributed by atoms with Gasteiger partial charge < -0.3 is 0 Å². The van der Waals surface area contributed by atoms with Crippen LogP contribution in [0.5, 0.6) is 0 Å². The molecule has 0 fully saturated rings. The van der Waals surface area contributed by atoms with E-state index in [1.165, 1.54) is 5.56 Å². The standard InChI is InChI=1S/C12H15NO2/c1-2-12(13(14)15)10-6-9-11-7-4-3-5-8-11/h3-8,10,12H,2,9H2,1H3/b10-6+. The van der Waals surface area contributed by atoms with E-state index in [1.807, 2.05) is 43.3 Å². The maximum Gasteiger partial charge on any atom is 0.231 e. The van der Waals surface area contributed by atoms with Gasteiger partial charge in [0.15, 0.2) is 0 Å². The van der Waals surface area contributed by atoms with Gasteiger partial charge in [-0.25, -0.2) is 0 Å². The van der Waals surface area contributed by atoms with Crippen LogP contribution in [0.4, 0.5) is 0 Å². The van der Waals surface area contributed by atoms with Crippen molar-refractivity contribution in [3.63, 3.8) is 0 Å². The zero-order chi connectivity index (χ0) is 11.1. The van der Waals surface area contributed by atoms with Gasteiger partial charge in [0.1, 0.15) is 0 Å². The Bertz CT molecular complexity index is 333. The molecule has 1 aromatic carbocycles. The van der Waals surface area contributed by atoms with Crippen LogP contribution < -0.4 is 0 Å². The summed E-state index contributed by atoms with van der Waals surface area (Å²) in [4.78, 5) is 10.3. The molecule has 1 atom stereocenters. The molecule has 15 heavy (non-hydrogen) atoms. The van der Waals surface area contributed by atoms with Crippen LogP contribution >= 0.6 is 0 Å². The molecule has 0 aromatic heterocycles. The first-order valence-corrected chi connectivity index (χ1v) is 5.08. The van der Waals surface area contributed by atoms with Crippen LogP contribution in [0.1, 0.15) is 18.9 Å². The highest BCUT2D eigenvalue weighted by Crippen LogP contribution is 2.03. The van der Waals surface area contributed by atoms with Gasteiger partial charge in [0.05, 0.1) is 0 Å². The highest BCUT2D eigenvalue weighted by Gasteiger charge is 2.11. The van der Waals surface area contributed by atoms with Crippen LogP contribution in [0.15, 0.2) is 42.5 Å². The molecule has 3 nitrogen and oxygen atoms in total. The maximum absolute atomic E-state index is 10.5. The second-order valence-corrected chi connectivity index (χ2v) is 3.38. The second-order valence-electron chi connectivity index (χ2n) is 3.38. The van der Waals surface area contributed by atoms with E-state index in [-0.39, 0.29) is 4.92 Å². The first-order valence-electron chi connectivity index (χ1n) is 5.08. The fourth-order valence-corrected chi connectivity index (χ4v) is 1.33. The summed E-state index contributed by atoms with van der Waals surface area (Å²) in [5.41, 5.74) is 1.17. The minimum absolute atomic E-state index is 0.249. The summed E-state index contributed by atoms with van der Waals surface area (Å²) in [6.45, 7) is 1.82. The molecule has 80 valence electrons. The topological polar surface area (TPSA) is 43.1 Å². The average Bonchev–Trinajstić information content (AvgIpc) is 2.25. The predicted molar refractivity (Wildman–Crippen MR) is 60.4 cm³/mol. The SMILES string of the molecule is CCC(/C=C/Cc1ccccc1)[N+](=O)[O-]. The Labute approximate surface area is 89.6 Å². The molecule has 0 saturated carbocycles. The highest BCUT2D eigenvalue weighted by molar-refractivity contribution is 5.17. The lowest BCUT2D eigenvalue weighted by Gasteiger charge is -2.00. The van der Waals surface area contributed by atoms with E-state index >= 15 is 0 Å². The summed E-state index contributed by atoms with van der Waals surface area (Å²) in [5.74, 6) is 0. The van der Waals surface area contributed by atoms with E-state index < -0.39 is 6.04 Å². The van der Waals surface area contributed by atoms with Crippen molar-refractivity contribution in [1.29, 1.82) is 0 Å². The van der Waals surface area contributed by atoms with Crippen LogP contribution in [0, 0.1) is 10.1 Å². The second kappa shape index (κ2) is 5.96. The van der Waals surface area contributed by atoms with E-state index in [0.717, 1.165) is 6.42 Å². The third-order valence-electron chi connectivity index (χ3n) is 2.24. The van der Waals surface area contributed by atoms with E-state index in [0.29, 0.717) is 6.42 Å². The molecule has 1 aromatic rings. The third kappa shape index (κ3) is 3.94.